The lowest BCUT2D eigenvalue weighted by Gasteiger charge is -2.27. The Bertz CT molecular complexity index is 661. The van der Waals surface area contributed by atoms with Gasteiger partial charge in [0, 0.05) is 38.3 Å². The van der Waals surface area contributed by atoms with Gasteiger partial charge in [0.25, 0.3) is 5.91 Å². The zero-order valence-corrected chi connectivity index (χ0v) is 16.1. The summed E-state index contributed by atoms with van der Waals surface area (Å²) in [5.74, 6) is 0.00765. The number of piperidine rings is 1. The van der Waals surface area contributed by atoms with Gasteiger partial charge < -0.3 is 20.0 Å². The minimum Gasteiger partial charge on any atom is -0.339 e. The van der Waals surface area contributed by atoms with Crippen LogP contribution in [0.3, 0.4) is 0 Å². The van der Waals surface area contributed by atoms with Crippen molar-refractivity contribution in [1.82, 2.24) is 14.7 Å². The average Bonchev–Trinajstić information content (AvgIpc) is 2.88. The molecule has 1 aromatic rings. The Kier molecular flexibility index (Phi) is 6.38. The summed E-state index contributed by atoms with van der Waals surface area (Å²) in [5.41, 5.74) is 1.07. The van der Waals surface area contributed by atoms with Gasteiger partial charge in [0.05, 0.1) is 10.7 Å². The summed E-state index contributed by atoms with van der Waals surface area (Å²) >= 11 is 6.26. The predicted octanol–water partition coefficient (Wildman–Crippen LogP) is 3.14. The Hall–Kier alpha value is -1.79. The highest BCUT2D eigenvalue weighted by molar-refractivity contribution is 6.33. The molecule has 0 aromatic heterocycles. The molecular weight excluding hydrogens is 352 g/mol. The quantitative estimate of drug-likeness (QED) is 0.860. The number of amides is 3. The molecule has 0 saturated carbocycles. The Labute approximate surface area is 160 Å². The van der Waals surface area contributed by atoms with Gasteiger partial charge in [-0.2, -0.15) is 0 Å². The molecule has 0 radical (unpaired) electrons. The zero-order valence-electron chi connectivity index (χ0n) is 15.3. The number of anilines is 1. The summed E-state index contributed by atoms with van der Waals surface area (Å²) in [6.07, 6.45) is 4.22. The molecule has 7 heteroatoms. The molecule has 0 aliphatic carbocycles. The van der Waals surface area contributed by atoms with Crippen molar-refractivity contribution in [3.05, 3.63) is 28.8 Å². The van der Waals surface area contributed by atoms with Gasteiger partial charge in [-0.15, -0.1) is 0 Å². The highest BCUT2D eigenvalue weighted by Crippen LogP contribution is 2.25. The third kappa shape index (κ3) is 4.68. The van der Waals surface area contributed by atoms with Gasteiger partial charge >= 0.3 is 6.03 Å². The van der Waals surface area contributed by atoms with Crippen LogP contribution in [0.4, 0.5) is 10.5 Å². The Morgan fingerprint density at radius 2 is 1.65 bits per heavy atom. The zero-order chi connectivity index (χ0) is 18.5. The number of urea groups is 1. The molecule has 3 amide bonds. The molecule has 0 spiro atoms. The molecule has 2 aliphatic heterocycles. The van der Waals surface area contributed by atoms with E-state index >= 15 is 0 Å². The van der Waals surface area contributed by atoms with Crippen LogP contribution in [0.15, 0.2) is 18.2 Å². The van der Waals surface area contributed by atoms with Gasteiger partial charge in [-0.3, -0.25) is 4.79 Å². The normalized spacial score (nSPS) is 19.2. The fourth-order valence-corrected chi connectivity index (χ4v) is 3.64. The molecule has 2 aliphatic rings. The summed E-state index contributed by atoms with van der Waals surface area (Å²) in [4.78, 5) is 31.2. The first kappa shape index (κ1) is 19.0. The van der Waals surface area contributed by atoms with E-state index in [-0.39, 0.29) is 11.9 Å². The van der Waals surface area contributed by atoms with Gasteiger partial charge in [-0.05, 0) is 57.5 Å². The van der Waals surface area contributed by atoms with Crippen LogP contribution >= 0.6 is 11.6 Å². The van der Waals surface area contributed by atoms with E-state index in [1.54, 1.807) is 23.1 Å². The van der Waals surface area contributed by atoms with Crippen LogP contribution in [0, 0.1) is 0 Å². The fourth-order valence-electron chi connectivity index (χ4n) is 3.48. The van der Waals surface area contributed by atoms with Gasteiger partial charge in [0.1, 0.15) is 0 Å². The monoisotopic (exact) mass is 378 g/mol. The highest BCUT2D eigenvalue weighted by Gasteiger charge is 2.21. The summed E-state index contributed by atoms with van der Waals surface area (Å²) < 4.78 is 0. The number of nitrogens with one attached hydrogen (secondary N) is 1. The maximum Gasteiger partial charge on any atom is 0.321 e. The van der Waals surface area contributed by atoms with E-state index in [2.05, 4.69) is 17.3 Å². The first-order valence-corrected chi connectivity index (χ1v) is 9.76. The lowest BCUT2D eigenvalue weighted by molar-refractivity contribution is 0.0724. The number of carbonyl (C=O) groups excluding carboxylic acids is 2. The molecule has 142 valence electrons. The number of hydrogen-bond donors (Lipinski definition) is 1. The Morgan fingerprint density at radius 3 is 2.42 bits per heavy atom. The number of rotatable bonds is 2. The first-order chi connectivity index (χ1) is 12.5. The molecule has 0 unspecified atom stereocenters. The van der Waals surface area contributed by atoms with Crippen molar-refractivity contribution in [2.45, 2.75) is 25.7 Å². The van der Waals surface area contributed by atoms with E-state index in [0.717, 1.165) is 52.0 Å². The number of likely N-dealkylation sites (tertiary alicyclic amines) is 1. The fraction of sp³-hybridized carbons (Fsp3) is 0.579. The second-order valence-electron chi connectivity index (χ2n) is 7.12. The van der Waals surface area contributed by atoms with Gasteiger partial charge in [0.2, 0.25) is 0 Å². The second-order valence-corrected chi connectivity index (χ2v) is 7.53. The van der Waals surface area contributed by atoms with E-state index in [4.69, 9.17) is 11.6 Å². The average molecular weight is 379 g/mol. The molecule has 0 atom stereocenters. The SMILES string of the molecule is CN1CCCN(C(=O)Nc2cc(C(=O)N3CCCCC3)ccc2Cl)CC1. The van der Waals surface area contributed by atoms with Crippen molar-refractivity contribution in [3.63, 3.8) is 0 Å². The Balaban J connectivity index is 1.69. The van der Waals surface area contributed by atoms with E-state index in [0.29, 0.717) is 22.8 Å². The van der Waals surface area contributed by atoms with Crippen LogP contribution in [-0.4, -0.2) is 73.0 Å². The minimum absolute atomic E-state index is 0.00765. The number of likely N-dealkylation sites (N-methyl/N-ethyl adjacent to an activating group) is 1. The Morgan fingerprint density at radius 1 is 0.923 bits per heavy atom. The largest absolute Gasteiger partial charge is 0.339 e. The summed E-state index contributed by atoms with van der Waals surface area (Å²) in [7, 11) is 2.06. The molecule has 0 bridgehead atoms. The number of benzene rings is 1. The number of carbonyl (C=O) groups is 2. The van der Waals surface area contributed by atoms with E-state index < -0.39 is 0 Å². The van der Waals surface area contributed by atoms with Crippen LogP contribution in [0.25, 0.3) is 0 Å². The maximum absolute atomic E-state index is 12.7. The van der Waals surface area contributed by atoms with Crippen LogP contribution in [0.1, 0.15) is 36.0 Å². The molecule has 1 aromatic carbocycles. The standard InChI is InChI=1S/C19H27ClN4O2/c1-22-8-5-11-24(13-12-22)19(26)21-17-14-15(6-7-16(17)20)18(25)23-9-3-2-4-10-23/h6-7,14H,2-5,8-13H2,1H3,(H,21,26). The molecule has 2 heterocycles. The molecule has 3 rings (SSSR count). The number of nitrogens with zero attached hydrogens (tertiary/aromatic N) is 3. The van der Waals surface area contributed by atoms with Crippen LogP contribution in [0.5, 0.6) is 0 Å². The van der Waals surface area contributed by atoms with Gasteiger partial charge in [0.15, 0.2) is 0 Å². The maximum atomic E-state index is 12.7. The second kappa shape index (κ2) is 8.73. The predicted molar refractivity (Wildman–Crippen MR) is 104 cm³/mol. The molecule has 26 heavy (non-hydrogen) atoms. The first-order valence-electron chi connectivity index (χ1n) is 9.38. The van der Waals surface area contributed by atoms with Crippen molar-refractivity contribution in [1.29, 1.82) is 0 Å². The molecule has 2 fully saturated rings. The van der Waals surface area contributed by atoms with Crippen LogP contribution in [0.2, 0.25) is 5.02 Å². The van der Waals surface area contributed by atoms with Gasteiger partial charge in [-0.25, -0.2) is 4.79 Å². The smallest absolute Gasteiger partial charge is 0.321 e. The molecular formula is C19H27ClN4O2. The van der Waals surface area contributed by atoms with Crippen LogP contribution in [-0.2, 0) is 0 Å². The van der Waals surface area contributed by atoms with Crippen molar-refractivity contribution in [3.8, 4) is 0 Å². The van der Waals surface area contributed by atoms with Crippen molar-refractivity contribution in [2.75, 3.05) is 51.6 Å². The lowest BCUT2D eigenvalue weighted by atomic mass is 10.1. The number of halogens is 1. The lowest BCUT2D eigenvalue weighted by Crippen LogP contribution is -2.38. The number of hydrogen-bond acceptors (Lipinski definition) is 3. The van der Waals surface area contributed by atoms with Crippen molar-refractivity contribution < 1.29 is 9.59 Å². The van der Waals surface area contributed by atoms with E-state index in [9.17, 15) is 9.59 Å². The summed E-state index contributed by atoms with van der Waals surface area (Å²) in [5, 5.41) is 3.33. The summed E-state index contributed by atoms with van der Waals surface area (Å²) in [6, 6.07) is 4.95. The summed E-state index contributed by atoms with van der Waals surface area (Å²) in [6.45, 7) is 4.85. The van der Waals surface area contributed by atoms with Crippen molar-refractivity contribution >= 4 is 29.2 Å². The topological polar surface area (TPSA) is 55.9 Å². The highest BCUT2D eigenvalue weighted by atomic mass is 35.5. The third-order valence-electron chi connectivity index (χ3n) is 5.10. The van der Waals surface area contributed by atoms with Crippen molar-refractivity contribution in [2.24, 2.45) is 0 Å². The van der Waals surface area contributed by atoms with E-state index in [1.165, 1.54) is 6.42 Å². The minimum atomic E-state index is -0.162. The molecule has 6 nitrogen and oxygen atoms in total. The van der Waals surface area contributed by atoms with E-state index in [1.807, 2.05) is 4.90 Å². The van der Waals surface area contributed by atoms with Gasteiger partial charge in [-0.1, -0.05) is 11.6 Å². The van der Waals surface area contributed by atoms with Crippen LogP contribution < -0.4 is 5.32 Å². The molecule has 2 saturated heterocycles. The third-order valence-corrected chi connectivity index (χ3v) is 5.43. The molecule has 1 N–H and O–H groups in total.